The average molecular weight is 375 g/mol. The summed E-state index contributed by atoms with van der Waals surface area (Å²) in [4.78, 5) is 19.5. The van der Waals surface area contributed by atoms with Crippen LogP contribution in [0, 0.1) is 5.92 Å². The zero-order chi connectivity index (χ0) is 18.5. The maximum atomic E-state index is 12.5. The molecule has 1 aliphatic rings. The Morgan fingerprint density at radius 3 is 2.69 bits per heavy atom. The molecule has 1 aliphatic heterocycles. The van der Waals surface area contributed by atoms with Crippen LogP contribution in [0.3, 0.4) is 0 Å². The first-order chi connectivity index (χ1) is 12.6. The fraction of sp³-hybridized carbons (Fsp3) is 0.474. The maximum Gasteiger partial charge on any atom is 0.257 e. The zero-order valence-electron chi connectivity index (χ0n) is 15.4. The summed E-state index contributed by atoms with van der Waals surface area (Å²) in [6, 6.07) is 5.10. The van der Waals surface area contributed by atoms with Crippen molar-refractivity contribution < 1.29 is 14.3 Å². The lowest BCUT2D eigenvalue weighted by Crippen LogP contribution is -2.33. The number of ether oxygens (including phenoxy) is 2. The number of carbonyl (C=O) groups excluding carboxylic acids is 1. The molecule has 1 aromatic heterocycles. The Hall–Kier alpha value is -2.12. The van der Waals surface area contributed by atoms with E-state index in [1.165, 1.54) is 24.2 Å². The van der Waals surface area contributed by atoms with E-state index in [0.717, 1.165) is 31.2 Å². The van der Waals surface area contributed by atoms with Gasteiger partial charge < -0.3 is 9.47 Å². The van der Waals surface area contributed by atoms with Crippen LogP contribution in [0.25, 0.3) is 0 Å². The monoisotopic (exact) mass is 375 g/mol. The SMILES string of the molecule is COc1cc(OC)cc(C(=O)Nc2nc(CN3CCCC(C)C3)cs2)c1. The molecule has 1 N–H and O–H groups in total. The summed E-state index contributed by atoms with van der Waals surface area (Å²) in [5.41, 5.74) is 1.48. The summed E-state index contributed by atoms with van der Waals surface area (Å²) in [7, 11) is 3.12. The largest absolute Gasteiger partial charge is 0.497 e. The van der Waals surface area contributed by atoms with Crippen molar-refractivity contribution in [2.75, 3.05) is 32.6 Å². The van der Waals surface area contributed by atoms with E-state index in [0.29, 0.717) is 22.2 Å². The third kappa shape index (κ3) is 4.74. The number of nitrogens with one attached hydrogen (secondary N) is 1. The van der Waals surface area contributed by atoms with Crippen LogP contribution in [0.5, 0.6) is 11.5 Å². The number of thiazole rings is 1. The molecule has 140 valence electrons. The van der Waals surface area contributed by atoms with Gasteiger partial charge in [0.1, 0.15) is 11.5 Å². The van der Waals surface area contributed by atoms with Gasteiger partial charge in [-0.05, 0) is 37.4 Å². The van der Waals surface area contributed by atoms with Crippen LogP contribution in [-0.4, -0.2) is 43.1 Å². The molecule has 1 atom stereocenters. The number of amides is 1. The molecule has 0 saturated carbocycles. The summed E-state index contributed by atoms with van der Waals surface area (Å²) in [6.07, 6.45) is 2.55. The number of likely N-dealkylation sites (tertiary alicyclic amines) is 1. The molecular formula is C19H25N3O3S. The van der Waals surface area contributed by atoms with Crippen LogP contribution in [0.1, 0.15) is 35.8 Å². The highest BCUT2D eigenvalue weighted by atomic mass is 32.1. The highest BCUT2D eigenvalue weighted by Crippen LogP contribution is 2.25. The van der Waals surface area contributed by atoms with Gasteiger partial charge in [-0.2, -0.15) is 0 Å². The summed E-state index contributed by atoms with van der Waals surface area (Å²) < 4.78 is 10.4. The molecule has 26 heavy (non-hydrogen) atoms. The Bertz CT molecular complexity index is 740. The standard InChI is InChI=1S/C19H25N3O3S/c1-13-5-4-6-22(10-13)11-15-12-26-19(20-15)21-18(23)14-7-16(24-2)9-17(8-14)25-3/h7-9,12-13H,4-6,10-11H2,1-3H3,(H,20,21,23). The van der Waals surface area contributed by atoms with Crippen LogP contribution in [0.15, 0.2) is 23.6 Å². The second-order valence-electron chi connectivity index (χ2n) is 6.68. The van der Waals surface area contributed by atoms with E-state index in [1.54, 1.807) is 32.4 Å². The van der Waals surface area contributed by atoms with Crippen molar-refractivity contribution >= 4 is 22.4 Å². The number of piperidine rings is 1. The van der Waals surface area contributed by atoms with Crippen molar-refractivity contribution in [1.29, 1.82) is 0 Å². The predicted octanol–water partition coefficient (Wildman–Crippen LogP) is 3.64. The van der Waals surface area contributed by atoms with Gasteiger partial charge in [0, 0.05) is 30.1 Å². The number of anilines is 1. The van der Waals surface area contributed by atoms with E-state index in [-0.39, 0.29) is 5.91 Å². The second-order valence-corrected chi connectivity index (χ2v) is 7.54. The van der Waals surface area contributed by atoms with Gasteiger partial charge in [0.2, 0.25) is 0 Å². The van der Waals surface area contributed by atoms with E-state index in [2.05, 4.69) is 22.1 Å². The summed E-state index contributed by atoms with van der Waals surface area (Å²) in [5.74, 6) is 1.67. The summed E-state index contributed by atoms with van der Waals surface area (Å²) in [6.45, 7) is 5.36. The molecule has 6 nitrogen and oxygen atoms in total. The van der Waals surface area contributed by atoms with E-state index in [9.17, 15) is 4.79 Å². The molecule has 3 rings (SSSR count). The van der Waals surface area contributed by atoms with Gasteiger partial charge in [0.25, 0.3) is 5.91 Å². The van der Waals surface area contributed by atoms with Gasteiger partial charge in [-0.25, -0.2) is 4.98 Å². The fourth-order valence-electron chi connectivity index (χ4n) is 3.20. The van der Waals surface area contributed by atoms with Crippen molar-refractivity contribution in [3.8, 4) is 11.5 Å². The fourth-order valence-corrected chi connectivity index (χ4v) is 3.90. The molecule has 2 aromatic rings. The first kappa shape index (κ1) is 18.7. The number of methoxy groups -OCH3 is 2. The van der Waals surface area contributed by atoms with Crippen molar-refractivity contribution in [2.24, 2.45) is 5.92 Å². The lowest BCUT2D eigenvalue weighted by Gasteiger charge is -2.30. The average Bonchev–Trinajstić information content (AvgIpc) is 3.07. The minimum atomic E-state index is -0.227. The molecule has 0 spiro atoms. The third-order valence-corrected chi connectivity index (χ3v) is 5.32. The minimum absolute atomic E-state index is 0.227. The molecule has 1 aromatic carbocycles. The van der Waals surface area contributed by atoms with Gasteiger partial charge in [0.15, 0.2) is 5.13 Å². The Morgan fingerprint density at radius 1 is 1.31 bits per heavy atom. The number of rotatable bonds is 6. The van der Waals surface area contributed by atoms with Gasteiger partial charge in [0.05, 0.1) is 19.9 Å². The van der Waals surface area contributed by atoms with E-state index in [4.69, 9.17) is 9.47 Å². The first-order valence-corrected chi connectivity index (χ1v) is 9.66. The Labute approximate surface area is 158 Å². The van der Waals surface area contributed by atoms with Crippen molar-refractivity contribution in [1.82, 2.24) is 9.88 Å². The number of benzene rings is 1. The summed E-state index contributed by atoms with van der Waals surface area (Å²) in [5, 5.41) is 5.49. The van der Waals surface area contributed by atoms with Crippen LogP contribution in [-0.2, 0) is 6.54 Å². The number of nitrogens with zero attached hydrogens (tertiary/aromatic N) is 2. The van der Waals surface area contributed by atoms with Gasteiger partial charge in [-0.3, -0.25) is 15.0 Å². The molecule has 0 bridgehead atoms. The van der Waals surface area contributed by atoms with Crippen LogP contribution in [0.2, 0.25) is 0 Å². The van der Waals surface area contributed by atoms with Crippen LogP contribution >= 0.6 is 11.3 Å². The third-order valence-electron chi connectivity index (χ3n) is 4.51. The predicted molar refractivity (Wildman–Crippen MR) is 103 cm³/mol. The van der Waals surface area contributed by atoms with E-state index < -0.39 is 0 Å². The Balaban J connectivity index is 1.64. The Morgan fingerprint density at radius 2 is 2.04 bits per heavy atom. The molecule has 0 aliphatic carbocycles. The first-order valence-electron chi connectivity index (χ1n) is 8.78. The molecule has 2 heterocycles. The lowest BCUT2D eigenvalue weighted by molar-refractivity contribution is 0.102. The van der Waals surface area contributed by atoms with Gasteiger partial charge in [-0.1, -0.05) is 6.92 Å². The van der Waals surface area contributed by atoms with E-state index in [1.807, 2.05) is 5.38 Å². The molecule has 7 heteroatoms. The quantitative estimate of drug-likeness (QED) is 0.835. The highest BCUT2D eigenvalue weighted by molar-refractivity contribution is 7.13. The smallest absolute Gasteiger partial charge is 0.257 e. The molecular weight excluding hydrogens is 350 g/mol. The van der Waals surface area contributed by atoms with Gasteiger partial charge >= 0.3 is 0 Å². The van der Waals surface area contributed by atoms with Crippen LogP contribution < -0.4 is 14.8 Å². The molecule has 0 radical (unpaired) electrons. The number of hydrogen-bond donors (Lipinski definition) is 1. The number of hydrogen-bond acceptors (Lipinski definition) is 6. The molecule has 1 amide bonds. The van der Waals surface area contributed by atoms with E-state index >= 15 is 0 Å². The number of aromatic nitrogens is 1. The molecule has 1 saturated heterocycles. The zero-order valence-corrected chi connectivity index (χ0v) is 16.3. The van der Waals surface area contributed by atoms with Crippen molar-refractivity contribution in [3.05, 3.63) is 34.8 Å². The lowest BCUT2D eigenvalue weighted by atomic mass is 10.0. The number of carbonyl (C=O) groups is 1. The maximum absolute atomic E-state index is 12.5. The highest BCUT2D eigenvalue weighted by Gasteiger charge is 2.18. The van der Waals surface area contributed by atoms with Crippen molar-refractivity contribution in [3.63, 3.8) is 0 Å². The van der Waals surface area contributed by atoms with Crippen molar-refractivity contribution in [2.45, 2.75) is 26.3 Å². The molecule has 1 fully saturated rings. The normalized spacial score (nSPS) is 17.7. The van der Waals surface area contributed by atoms with Crippen LogP contribution in [0.4, 0.5) is 5.13 Å². The van der Waals surface area contributed by atoms with Gasteiger partial charge in [-0.15, -0.1) is 11.3 Å². The Kier molecular flexibility index (Phi) is 6.11. The minimum Gasteiger partial charge on any atom is -0.497 e. The summed E-state index contributed by atoms with van der Waals surface area (Å²) >= 11 is 1.45. The second kappa shape index (κ2) is 8.51. The topological polar surface area (TPSA) is 63.7 Å². The molecule has 1 unspecified atom stereocenters.